The third-order valence-electron chi connectivity index (χ3n) is 4.36. The van der Waals surface area contributed by atoms with Crippen LogP contribution < -0.4 is 0 Å². The predicted molar refractivity (Wildman–Crippen MR) is 81.0 cm³/mol. The fraction of sp³-hybridized carbons (Fsp3) is 0.529. The summed E-state index contributed by atoms with van der Waals surface area (Å²) in [5, 5.41) is 8.96. The average molecular weight is 289 g/mol. The Morgan fingerprint density at radius 2 is 1.86 bits per heavy atom. The van der Waals surface area contributed by atoms with Crippen molar-refractivity contribution in [2.24, 2.45) is 5.92 Å². The Balaban J connectivity index is 1.76. The van der Waals surface area contributed by atoms with Crippen LogP contribution in [0.1, 0.15) is 44.1 Å². The summed E-state index contributed by atoms with van der Waals surface area (Å²) in [5.41, 5.74) is 1.26. The normalized spacial score (nSPS) is 17.5. The molecule has 1 aliphatic heterocycles. The van der Waals surface area contributed by atoms with Crippen LogP contribution in [0.5, 0.6) is 0 Å². The van der Waals surface area contributed by atoms with Crippen LogP contribution in [0.3, 0.4) is 0 Å². The highest BCUT2D eigenvalue weighted by molar-refractivity contribution is 5.77. The Morgan fingerprint density at radius 1 is 1.24 bits per heavy atom. The van der Waals surface area contributed by atoms with Gasteiger partial charge in [-0.15, -0.1) is 0 Å². The molecule has 1 aliphatic rings. The van der Waals surface area contributed by atoms with Crippen LogP contribution >= 0.6 is 0 Å². The molecule has 114 valence electrons. The van der Waals surface area contributed by atoms with E-state index >= 15 is 0 Å². The lowest BCUT2D eigenvalue weighted by molar-refractivity contribution is -0.145. The number of aliphatic carboxylic acids is 1. The summed E-state index contributed by atoms with van der Waals surface area (Å²) in [6.07, 6.45) is 2.53. The zero-order valence-electron chi connectivity index (χ0n) is 12.5. The molecule has 1 unspecified atom stereocenters. The van der Waals surface area contributed by atoms with Crippen molar-refractivity contribution in [1.82, 2.24) is 4.90 Å². The lowest BCUT2D eigenvalue weighted by Gasteiger charge is -2.30. The zero-order chi connectivity index (χ0) is 15.2. The molecule has 0 aliphatic carbocycles. The van der Waals surface area contributed by atoms with Crippen LogP contribution in [0.15, 0.2) is 30.3 Å². The summed E-state index contributed by atoms with van der Waals surface area (Å²) in [5.74, 6) is -0.495. The Labute approximate surface area is 125 Å². The molecule has 21 heavy (non-hydrogen) atoms. The van der Waals surface area contributed by atoms with Gasteiger partial charge in [-0.05, 0) is 30.7 Å². The van der Waals surface area contributed by atoms with Gasteiger partial charge in [-0.25, -0.2) is 0 Å². The third kappa shape index (κ3) is 4.31. The number of hydrogen-bond acceptors (Lipinski definition) is 2. The minimum absolute atomic E-state index is 0.154. The third-order valence-corrected chi connectivity index (χ3v) is 4.36. The predicted octanol–water partition coefficient (Wildman–Crippen LogP) is 2.89. The molecule has 1 fully saturated rings. The van der Waals surface area contributed by atoms with Crippen molar-refractivity contribution in [3.63, 3.8) is 0 Å². The number of carboxylic acid groups (broad SMARTS) is 1. The van der Waals surface area contributed by atoms with Crippen LogP contribution in [0.2, 0.25) is 0 Å². The quantitative estimate of drug-likeness (QED) is 0.906. The smallest absolute Gasteiger partial charge is 0.306 e. The number of nitrogens with zero attached hydrogens (tertiary/aromatic N) is 1. The number of carbonyl (C=O) groups excluding carboxylic acids is 1. The number of piperidine rings is 1. The van der Waals surface area contributed by atoms with Gasteiger partial charge in [0.1, 0.15) is 0 Å². The molecule has 0 radical (unpaired) electrons. The molecular weight excluding hydrogens is 266 g/mol. The first-order chi connectivity index (χ1) is 10.1. The molecule has 0 bridgehead atoms. The summed E-state index contributed by atoms with van der Waals surface area (Å²) in [6, 6.07) is 10.2. The van der Waals surface area contributed by atoms with E-state index in [4.69, 9.17) is 5.11 Å². The Kier molecular flexibility index (Phi) is 5.37. The Morgan fingerprint density at radius 3 is 2.43 bits per heavy atom. The second kappa shape index (κ2) is 7.25. The van der Waals surface area contributed by atoms with E-state index in [0.717, 1.165) is 6.42 Å². The second-order valence-electron chi connectivity index (χ2n) is 5.84. The van der Waals surface area contributed by atoms with Gasteiger partial charge in [0.15, 0.2) is 0 Å². The molecule has 1 aromatic carbocycles. The summed E-state index contributed by atoms with van der Waals surface area (Å²) in [4.78, 5) is 24.9. The lowest BCUT2D eigenvalue weighted by Crippen LogP contribution is -2.40. The molecule has 4 nitrogen and oxygen atoms in total. The fourth-order valence-electron chi connectivity index (χ4n) is 2.82. The first-order valence-electron chi connectivity index (χ1n) is 7.63. The van der Waals surface area contributed by atoms with Crippen LogP contribution in [0.4, 0.5) is 0 Å². The van der Waals surface area contributed by atoms with Gasteiger partial charge in [0.2, 0.25) is 5.91 Å². The van der Waals surface area contributed by atoms with E-state index in [-0.39, 0.29) is 11.8 Å². The molecule has 2 rings (SSSR count). The number of likely N-dealkylation sites (tertiary alicyclic amines) is 1. The first-order valence-corrected chi connectivity index (χ1v) is 7.63. The Hall–Kier alpha value is -1.84. The van der Waals surface area contributed by atoms with E-state index < -0.39 is 5.97 Å². The average Bonchev–Trinajstić information content (AvgIpc) is 2.53. The van der Waals surface area contributed by atoms with Gasteiger partial charge in [-0.2, -0.15) is 0 Å². The summed E-state index contributed by atoms with van der Waals surface area (Å²) < 4.78 is 0. The molecule has 1 N–H and O–H groups in total. The molecule has 1 amide bonds. The fourth-order valence-corrected chi connectivity index (χ4v) is 2.82. The number of amides is 1. The molecule has 0 aromatic heterocycles. The van der Waals surface area contributed by atoms with E-state index in [9.17, 15) is 9.59 Å². The summed E-state index contributed by atoms with van der Waals surface area (Å²) >= 11 is 0. The maximum atomic E-state index is 12.2. The number of benzene rings is 1. The van der Waals surface area contributed by atoms with Gasteiger partial charge in [0, 0.05) is 19.5 Å². The molecule has 1 aromatic rings. The van der Waals surface area contributed by atoms with Crippen molar-refractivity contribution in [3.05, 3.63) is 35.9 Å². The van der Waals surface area contributed by atoms with E-state index in [2.05, 4.69) is 19.1 Å². The second-order valence-corrected chi connectivity index (χ2v) is 5.84. The summed E-state index contributed by atoms with van der Waals surface area (Å²) in [6.45, 7) is 3.30. The number of carboxylic acids is 1. The van der Waals surface area contributed by atoms with Crippen LogP contribution in [0, 0.1) is 5.92 Å². The molecule has 4 heteroatoms. The van der Waals surface area contributed by atoms with E-state index in [0.29, 0.717) is 38.3 Å². The van der Waals surface area contributed by atoms with E-state index in [1.54, 1.807) is 0 Å². The summed E-state index contributed by atoms with van der Waals surface area (Å²) in [7, 11) is 0. The van der Waals surface area contributed by atoms with Crippen molar-refractivity contribution in [3.8, 4) is 0 Å². The minimum atomic E-state index is -0.736. The number of carbonyl (C=O) groups is 2. The Bertz CT molecular complexity index is 478. The van der Waals surface area contributed by atoms with E-state index in [1.165, 1.54) is 5.56 Å². The first kappa shape index (κ1) is 15.5. The topological polar surface area (TPSA) is 57.6 Å². The highest BCUT2D eigenvalue weighted by Gasteiger charge is 2.26. The lowest BCUT2D eigenvalue weighted by atomic mass is 9.94. The van der Waals surface area contributed by atoms with Gasteiger partial charge in [0.05, 0.1) is 5.92 Å². The molecule has 1 atom stereocenters. The maximum Gasteiger partial charge on any atom is 0.306 e. The van der Waals surface area contributed by atoms with Crippen molar-refractivity contribution in [1.29, 1.82) is 0 Å². The number of rotatable bonds is 5. The van der Waals surface area contributed by atoms with Gasteiger partial charge in [-0.1, -0.05) is 37.3 Å². The maximum absolute atomic E-state index is 12.2. The SMILES string of the molecule is CC(CCC(=O)N1CCC(C(=O)O)CC1)c1ccccc1. The molecule has 1 saturated heterocycles. The molecule has 1 heterocycles. The standard InChI is InChI=1S/C17H23NO3/c1-13(14-5-3-2-4-6-14)7-8-16(19)18-11-9-15(10-12-18)17(20)21/h2-6,13,15H,7-12H2,1H3,(H,20,21). The zero-order valence-corrected chi connectivity index (χ0v) is 12.5. The highest BCUT2D eigenvalue weighted by Crippen LogP contribution is 2.22. The van der Waals surface area contributed by atoms with Crippen LogP contribution in [0.25, 0.3) is 0 Å². The molecule has 0 saturated carbocycles. The van der Waals surface area contributed by atoms with Gasteiger partial charge < -0.3 is 10.0 Å². The van der Waals surface area contributed by atoms with Crippen molar-refractivity contribution in [2.75, 3.05) is 13.1 Å². The molecule has 0 spiro atoms. The van der Waals surface area contributed by atoms with Gasteiger partial charge >= 0.3 is 5.97 Å². The van der Waals surface area contributed by atoms with Crippen molar-refractivity contribution in [2.45, 2.75) is 38.5 Å². The van der Waals surface area contributed by atoms with Crippen LogP contribution in [-0.2, 0) is 9.59 Å². The van der Waals surface area contributed by atoms with E-state index in [1.807, 2.05) is 23.1 Å². The van der Waals surface area contributed by atoms with Gasteiger partial charge in [-0.3, -0.25) is 9.59 Å². The highest BCUT2D eigenvalue weighted by atomic mass is 16.4. The van der Waals surface area contributed by atoms with Crippen molar-refractivity contribution < 1.29 is 14.7 Å². The molecular formula is C17H23NO3. The largest absolute Gasteiger partial charge is 0.481 e. The minimum Gasteiger partial charge on any atom is -0.481 e. The van der Waals surface area contributed by atoms with Crippen LogP contribution in [-0.4, -0.2) is 35.0 Å². The van der Waals surface area contributed by atoms with Crippen molar-refractivity contribution >= 4 is 11.9 Å². The monoisotopic (exact) mass is 289 g/mol. The number of hydrogen-bond donors (Lipinski definition) is 1. The van der Waals surface area contributed by atoms with Gasteiger partial charge in [0.25, 0.3) is 0 Å².